The fourth-order valence-electron chi connectivity index (χ4n) is 7.01. The summed E-state index contributed by atoms with van der Waals surface area (Å²) in [6.07, 6.45) is -108. The zero-order valence-electron chi connectivity index (χ0n) is 38.7. The van der Waals surface area contributed by atoms with Gasteiger partial charge in [-0.25, -0.2) is 0 Å². The SMILES string of the molecule is CC1(C)O[C@@H](C(O)(C(F)(F)F)C(F)(F)F)[C@H](C(O)(C(F)(F)F)C(F)(F)F)O1.CC1(C)O[C@@H](C(O)(C(F)(F)F)C(F)(F)F)[C@H](C(O)(C(F)(F)F)C(F)(F)F)O1.CC1(C)O[C@@H](C(O)(C(F)(F)F)C(F)(F)F)[C@H](C(O)(C(F)(F)F)C(F)(F)F)O1. The maximum Gasteiger partial charge on any atom is 0.429 e. The second kappa shape index (κ2) is 20.6. The van der Waals surface area contributed by atoms with Crippen LogP contribution in [0.25, 0.3) is 0 Å². The van der Waals surface area contributed by atoms with Crippen molar-refractivity contribution in [3.05, 3.63) is 0 Å². The van der Waals surface area contributed by atoms with Gasteiger partial charge in [-0.15, -0.1) is 0 Å². The molecule has 3 rings (SSSR count). The van der Waals surface area contributed by atoms with E-state index in [1.165, 1.54) is 0 Å². The van der Waals surface area contributed by atoms with E-state index in [-0.39, 0.29) is 0 Å². The van der Waals surface area contributed by atoms with Crippen molar-refractivity contribution in [3.63, 3.8) is 0 Å². The van der Waals surface area contributed by atoms with Crippen LogP contribution < -0.4 is 0 Å². The molecule has 12 nitrogen and oxygen atoms in total. The molecule has 48 heteroatoms. The van der Waals surface area contributed by atoms with Crippen molar-refractivity contribution in [3.8, 4) is 0 Å². The minimum atomic E-state index is -6.85. The van der Waals surface area contributed by atoms with Crippen molar-refractivity contribution in [1.29, 1.82) is 0 Å². The van der Waals surface area contributed by atoms with Crippen molar-refractivity contribution < 1.29 is 217 Å². The number of hydrogen-bond acceptors (Lipinski definition) is 12. The molecule has 6 atom stereocenters. The first-order chi connectivity index (χ1) is 34.3. The zero-order valence-corrected chi connectivity index (χ0v) is 38.7. The van der Waals surface area contributed by atoms with E-state index in [2.05, 4.69) is 28.4 Å². The molecule has 3 aliphatic rings. The van der Waals surface area contributed by atoms with E-state index < -0.39 is 162 Å². The van der Waals surface area contributed by atoms with Gasteiger partial charge in [-0.05, 0) is 41.5 Å². The predicted octanol–water partition coefficient (Wildman–Crippen LogP) is 9.65. The summed E-state index contributed by atoms with van der Waals surface area (Å²) >= 11 is 0. The number of rotatable bonds is 6. The van der Waals surface area contributed by atoms with E-state index >= 15 is 0 Å². The van der Waals surface area contributed by atoms with Crippen molar-refractivity contribution in [1.82, 2.24) is 0 Å². The summed E-state index contributed by atoms with van der Waals surface area (Å²) in [5, 5.41) is 55.1. The van der Waals surface area contributed by atoms with E-state index in [1.807, 2.05) is 0 Å². The van der Waals surface area contributed by atoms with Crippen LogP contribution in [0.5, 0.6) is 0 Å². The van der Waals surface area contributed by atoms with Crippen molar-refractivity contribution in [2.24, 2.45) is 0 Å². The third kappa shape index (κ3) is 12.9. The Labute approximate surface area is 421 Å². The van der Waals surface area contributed by atoms with Gasteiger partial charge in [-0.3, -0.25) is 0 Å². The van der Waals surface area contributed by atoms with Crippen LogP contribution in [0.3, 0.4) is 0 Å². The lowest BCUT2D eigenvalue weighted by Gasteiger charge is -2.43. The maximum atomic E-state index is 12.9. The fourth-order valence-corrected chi connectivity index (χ4v) is 7.01. The Kier molecular flexibility index (Phi) is 19.3. The summed E-state index contributed by atoms with van der Waals surface area (Å²) in [7, 11) is 0. The monoisotopic (exact) mass is 1300 g/mol. The molecule has 0 aromatic heterocycles. The van der Waals surface area contributed by atoms with Crippen LogP contribution in [0.1, 0.15) is 41.5 Å². The molecule has 3 saturated heterocycles. The zero-order chi connectivity index (χ0) is 66.2. The molecular weight excluding hydrogens is 1270 g/mol. The third-order valence-electron chi connectivity index (χ3n) is 10.9. The lowest BCUT2D eigenvalue weighted by atomic mass is 9.82. The topological polar surface area (TPSA) is 177 Å². The summed E-state index contributed by atoms with van der Waals surface area (Å²) in [4.78, 5) is 0. The lowest BCUT2D eigenvalue weighted by molar-refractivity contribution is -0.420. The van der Waals surface area contributed by atoms with Crippen LogP contribution in [0.15, 0.2) is 0 Å². The standard InChI is InChI=1S/3C11H10F12O4/c3*1-5(2)26-3(6(24,8(12,13)14)9(15,16)17)4(27-5)7(25,10(18,19)20)11(21,22)23/h3*3-4,24-25H,1-2H3/t3*3-,4-/m111/s1. The van der Waals surface area contributed by atoms with E-state index in [4.69, 9.17) is 0 Å². The van der Waals surface area contributed by atoms with Gasteiger partial charge in [-0.1, -0.05) is 0 Å². The first-order valence-corrected chi connectivity index (χ1v) is 19.5. The highest BCUT2D eigenvalue weighted by Gasteiger charge is 2.89. The third-order valence-corrected chi connectivity index (χ3v) is 10.9. The van der Waals surface area contributed by atoms with E-state index in [0.29, 0.717) is 41.5 Å². The largest absolute Gasteiger partial charge is 0.429 e. The molecule has 81 heavy (non-hydrogen) atoms. The molecule has 0 aliphatic carbocycles. The minimum absolute atomic E-state index is 0.389. The molecule has 0 aromatic rings. The average Bonchev–Trinajstić information content (AvgIpc) is 3.79. The molecule has 0 saturated carbocycles. The molecule has 0 bridgehead atoms. The lowest BCUT2D eigenvalue weighted by Crippen LogP contribution is -2.74. The highest BCUT2D eigenvalue weighted by molar-refractivity contribution is 5.18. The normalized spacial score (nSPS) is 25.8. The van der Waals surface area contributed by atoms with Gasteiger partial charge in [0.2, 0.25) is 0 Å². The van der Waals surface area contributed by atoms with Gasteiger partial charge >= 0.3 is 74.1 Å². The number of ether oxygens (including phenoxy) is 6. The van der Waals surface area contributed by atoms with Gasteiger partial charge in [0.25, 0.3) is 33.6 Å². The van der Waals surface area contributed by atoms with Crippen LogP contribution in [0.2, 0.25) is 0 Å². The minimum Gasteiger partial charge on any atom is -0.372 e. The Morgan fingerprint density at radius 1 is 0.185 bits per heavy atom. The second-order valence-electron chi connectivity index (χ2n) is 18.0. The molecule has 6 N–H and O–H groups in total. The Hall–Kier alpha value is -3.00. The summed E-state index contributed by atoms with van der Waals surface area (Å²) in [5.74, 6) is -8.70. The van der Waals surface area contributed by atoms with Crippen LogP contribution >= 0.6 is 0 Å². The summed E-state index contributed by atoms with van der Waals surface area (Å²) in [5.41, 5.74) is -37.4. The maximum absolute atomic E-state index is 12.9. The molecule has 486 valence electrons. The van der Waals surface area contributed by atoms with Gasteiger partial charge in [0.1, 0.15) is 36.6 Å². The Bertz CT molecular complexity index is 1680. The second-order valence-corrected chi connectivity index (χ2v) is 18.0. The average molecular weight is 1300 g/mol. The molecule has 3 aliphatic heterocycles. The Morgan fingerprint density at radius 3 is 0.296 bits per heavy atom. The van der Waals surface area contributed by atoms with Crippen LogP contribution in [-0.4, -0.2) is 192 Å². The van der Waals surface area contributed by atoms with Gasteiger partial charge in [0, 0.05) is 0 Å². The highest BCUT2D eigenvalue weighted by atomic mass is 19.5. The molecule has 3 heterocycles. The van der Waals surface area contributed by atoms with Crippen LogP contribution in [0.4, 0.5) is 158 Å². The van der Waals surface area contributed by atoms with E-state index in [1.54, 1.807) is 0 Å². The van der Waals surface area contributed by atoms with Gasteiger partial charge in [-0.2, -0.15) is 158 Å². The molecule has 0 radical (unpaired) electrons. The molecule has 0 aromatic carbocycles. The summed E-state index contributed by atoms with van der Waals surface area (Å²) in [6.45, 7) is 2.34. The Morgan fingerprint density at radius 2 is 0.247 bits per heavy atom. The molecule has 0 unspecified atom stereocenters. The molecule has 0 spiro atoms. The molecular formula is C33H30F36O12. The molecule has 3 fully saturated rings. The van der Waals surface area contributed by atoms with Crippen LogP contribution in [0, 0.1) is 0 Å². The van der Waals surface area contributed by atoms with Gasteiger partial charge in [0.15, 0.2) is 17.4 Å². The molecule has 0 amide bonds. The summed E-state index contributed by atoms with van der Waals surface area (Å²) in [6, 6.07) is 0. The quantitative estimate of drug-likeness (QED) is 0.139. The first kappa shape index (κ1) is 76.0. The van der Waals surface area contributed by atoms with E-state index in [0.717, 1.165) is 0 Å². The number of hydrogen-bond donors (Lipinski definition) is 6. The predicted molar refractivity (Wildman–Crippen MR) is 174 cm³/mol. The number of alkyl halides is 36. The van der Waals surface area contributed by atoms with Gasteiger partial charge in [0.05, 0.1) is 0 Å². The number of aliphatic hydroxyl groups is 6. The van der Waals surface area contributed by atoms with Crippen molar-refractivity contribution in [2.45, 2.75) is 203 Å². The highest BCUT2D eigenvalue weighted by Crippen LogP contribution is 2.61. The number of halogens is 36. The van der Waals surface area contributed by atoms with Gasteiger partial charge < -0.3 is 59.1 Å². The Balaban J connectivity index is 0.000000607. The summed E-state index contributed by atoms with van der Waals surface area (Å²) < 4.78 is 488. The van der Waals surface area contributed by atoms with Crippen LogP contribution in [-0.2, 0) is 28.4 Å². The van der Waals surface area contributed by atoms with E-state index in [9.17, 15) is 189 Å². The van der Waals surface area contributed by atoms with Crippen molar-refractivity contribution in [2.75, 3.05) is 0 Å². The smallest absolute Gasteiger partial charge is 0.372 e. The van der Waals surface area contributed by atoms with Crippen molar-refractivity contribution >= 4 is 0 Å². The fraction of sp³-hybridized carbons (Fsp3) is 1.00. The first-order valence-electron chi connectivity index (χ1n) is 19.5.